The number of amides is 3. The average Bonchev–Trinajstić information content (AvgIpc) is 2.69. The van der Waals surface area contributed by atoms with Gasteiger partial charge in [0.1, 0.15) is 5.60 Å². The summed E-state index contributed by atoms with van der Waals surface area (Å²) in [6, 6.07) is 6.43. The Bertz CT molecular complexity index is 787. The van der Waals surface area contributed by atoms with Gasteiger partial charge in [-0.2, -0.15) is 0 Å². The summed E-state index contributed by atoms with van der Waals surface area (Å²) in [6.07, 6.45) is 2.67. The van der Waals surface area contributed by atoms with Crippen molar-refractivity contribution in [1.82, 2.24) is 10.2 Å². The third-order valence-corrected chi connectivity index (χ3v) is 5.40. The SMILES string of the molecule is CC(C)(C)OC(=O)N1CC[C@H](N)[C@H](NC(=O)c2ccc(N3CCCCC3=O)cc2)C1. The van der Waals surface area contributed by atoms with E-state index in [4.69, 9.17) is 10.5 Å². The van der Waals surface area contributed by atoms with Gasteiger partial charge in [-0.3, -0.25) is 9.59 Å². The number of nitrogens with zero attached hydrogens (tertiary/aromatic N) is 2. The van der Waals surface area contributed by atoms with Crippen LogP contribution in [0.2, 0.25) is 0 Å². The highest BCUT2D eigenvalue weighted by molar-refractivity contribution is 5.97. The van der Waals surface area contributed by atoms with Crippen LogP contribution >= 0.6 is 0 Å². The molecule has 164 valence electrons. The summed E-state index contributed by atoms with van der Waals surface area (Å²) >= 11 is 0. The van der Waals surface area contributed by atoms with Crippen molar-refractivity contribution in [2.24, 2.45) is 5.73 Å². The Morgan fingerprint density at radius 1 is 1.13 bits per heavy atom. The normalized spacial score (nSPS) is 22.6. The zero-order valence-electron chi connectivity index (χ0n) is 18.0. The lowest BCUT2D eigenvalue weighted by atomic mass is 10.00. The molecule has 0 bridgehead atoms. The molecule has 2 fully saturated rings. The van der Waals surface area contributed by atoms with Crippen LogP contribution in [0.4, 0.5) is 10.5 Å². The van der Waals surface area contributed by atoms with Crippen LogP contribution in [-0.2, 0) is 9.53 Å². The van der Waals surface area contributed by atoms with Gasteiger partial charge in [0.15, 0.2) is 0 Å². The lowest BCUT2D eigenvalue weighted by molar-refractivity contribution is -0.119. The van der Waals surface area contributed by atoms with E-state index >= 15 is 0 Å². The van der Waals surface area contributed by atoms with Crippen LogP contribution in [0.1, 0.15) is 56.8 Å². The summed E-state index contributed by atoms with van der Waals surface area (Å²) in [7, 11) is 0. The molecule has 0 spiro atoms. The molecule has 0 aromatic heterocycles. The zero-order chi connectivity index (χ0) is 21.9. The third kappa shape index (κ3) is 5.50. The third-order valence-electron chi connectivity index (χ3n) is 5.40. The molecule has 0 radical (unpaired) electrons. The summed E-state index contributed by atoms with van der Waals surface area (Å²) in [5.41, 5.74) is 6.92. The minimum Gasteiger partial charge on any atom is -0.444 e. The van der Waals surface area contributed by atoms with E-state index in [0.29, 0.717) is 38.0 Å². The van der Waals surface area contributed by atoms with Crippen molar-refractivity contribution in [3.8, 4) is 0 Å². The minimum absolute atomic E-state index is 0.119. The van der Waals surface area contributed by atoms with Crippen molar-refractivity contribution in [2.75, 3.05) is 24.5 Å². The molecule has 0 saturated carbocycles. The van der Waals surface area contributed by atoms with E-state index in [2.05, 4.69) is 5.32 Å². The molecule has 0 unspecified atom stereocenters. The maximum absolute atomic E-state index is 12.7. The number of piperidine rings is 2. The second kappa shape index (κ2) is 9.04. The summed E-state index contributed by atoms with van der Waals surface area (Å²) < 4.78 is 5.43. The molecule has 2 heterocycles. The van der Waals surface area contributed by atoms with Crippen LogP contribution < -0.4 is 16.0 Å². The molecule has 2 aliphatic heterocycles. The molecule has 1 aromatic rings. The summed E-state index contributed by atoms with van der Waals surface area (Å²) in [4.78, 5) is 40.5. The molecular weight excluding hydrogens is 384 g/mol. The van der Waals surface area contributed by atoms with E-state index < -0.39 is 11.7 Å². The fourth-order valence-corrected chi connectivity index (χ4v) is 3.74. The van der Waals surface area contributed by atoms with Crippen LogP contribution in [0.5, 0.6) is 0 Å². The number of nitrogens with two attached hydrogens (primary N) is 1. The van der Waals surface area contributed by atoms with Crippen LogP contribution in [0.15, 0.2) is 24.3 Å². The van der Waals surface area contributed by atoms with Crippen LogP contribution in [-0.4, -0.2) is 60.1 Å². The van der Waals surface area contributed by atoms with Gasteiger partial charge >= 0.3 is 6.09 Å². The highest BCUT2D eigenvalue weighted by Gasteiger charge is 2.32. The predicted molar refractivity (Wildman–Crippen MR) is 114 cm³/mol. The Morgan fingerprint density at radius 3 is 2.47 bits per heavy atom. The predicted octanol–water partition coefficient (Wildman–Crippen LogP) is 2.27. The highest BCUT2D eigenvalue weighted by atomic mass is 16.6. The number of rotatable bonds is 3. The fraction of sp³-hybridized carbons (Fsp3) is 0.591. The number of hydrogen-bond acceptors (Lipinski definition) is 5. The number of carbonyl (C=O) groups excluding carboxylic acids is 3. The second-order valence-corrected chi connectivity index (χ2v) is 9.01. The number of anilines is 1. The number of carbonyl (C=O) groups is 3. The summed E-state index contributed by atoms with van der Waals surface area (Å²) in [5, 5.41) is 2.95. The first-order chi connectivity index (χ1) is 14.1. The van der Waals surface area contributed by atoms with E-state index in [1.54, 1.807) is 34.1 Å². The van der Waals surface area contributed by atoms with Gasteiger partial charge in [0, 0.05) is 43.3 Å². The van der Waals surface area contributed by atoms with Crippen molar-refractivity contribution in [3.63, 3.8) is 0 Å². The number of nitrogens with one attached hydrogen (secondary N) is 1. The van der Waals surface area contributed by atoms with E-state index in [1.165, 1.54) is 0 Å². The lowest BCUT2D eigenvalue weighted by Gasteiger charge is -2.37. The molecule has 30 heavy (non-hydrogen) atoms. The van der Waals surface area contributed by atoms with E-state index in [1.807, 2.05) is 20.8 Å². The Morgan fingerprint density at radius 2 is 1.83 bits per heavy atom. The van der Waals surface area contributed by atoms with Gasteiger partial charge in [-0.05, 0) is 64.3 Å². The smallest absolute Gasteiger partial charge is 0.410 e. The van der Waals surface area contributed by atoms with Gasteiger partial charge in [-0.15, -0.1) is 0 Å². The quantitative estimate of drug-likeness (QED) is 0.786. The van der Waals surface area contributed by atoms with Crippen molar-refractivity contribution in [1.29, 1.82) is 0 Å². The second-order valence-electron chi connectivity index (χ2n) is 9.01. The maximum Gasteiger partial charge on any atom is 0.410 e. The van der Waals surface area contributed by atoms with Crippen molar-refractivity contribution >= 4 is 23.6 Å². The van der Waals surface area contributed by atoms with Gasteiger partial charge < -0.3 is 25.6 Å². The summed E-state index contributed by atoms with van der Waals surface area (Å²) in [6.45, 7) is 6.98. The fourth-order valence-electron chi connectivity index (χ4n) is 3.74. The molecule has 8 heteroatoms. The number of hydrogen-bond donors (Lipinski definition) is 2. The largest absolute Gasteiger partial charge is 0.444 e. The number of benzene rings is 1. The van der Waals surface area contributed by atoms with Gasteiger partial charge in [0.2, 0.25) is 5.91 Å². The van der Waals surface area contributed by atoms with Crippen molar-refractivity contribution < 1.29 is 19.1 Å². The molecule has 2 saturated heterocycles. The first-order valence-electron chi connectivity index (χ1n) is 10.6. The monoisotopic (exact) mass is 416 g/mol. The van der Waals surface area contributed by atoms with Crippen molar-refractivity contribution in [3.05, 3.63) is 29.8 Å². The number of likely N-dealkylation sites (tertiary alicyclic amines) is 1. The van der Waals surface area contributed by atoms with E-state index in [-0.39, 0.29) is 23.9 Å². The van der Waals surface area contributed by atoms with E-state index in [0.717, 1.165) is 18.5 Å². The molecule has 3 N–H and O–H groups in total. The molecule has 3 rings (SSSR count). The Labute approximate surface area is 177 Å². The van der Waals surface area contributed by atoms with E-state index in [9.17, 15) is 14.4 Å². The molecule has 1 aromatic carbocycles. The molecule has 2 atom stereocenters. The standard InChI is InChI=1S/C22H32N4O4/c1-22(2,3)30-21(29)25-13-11-17(23)18(14-25)24-20(28)15-7-9-16(10-8-15)26-12-5-4-6-19(26)27/h7-10,17-18H,4-6,11-14,23H2,1-3H3,(H,24,28)/t17-,18+/m0/s1. The molecular formula is C22H32N4O4. The highest BCUT2D eigenvalue weighted by Crippen LogP contribution is 2.21. The number of ether oxygens (including phenoxy) is 1. The first-order valence-corrected chi connectivity index (χ1v) is 10.6. The first kappa shape index (κ1) is 22.1. The van der Waals surface area contributed by atoms with Gasteiger partial charge in [0.05, 0.1) is 6.04 Å². The van der Waals surface area contributed by atoms with Gasteiger partial charge in [0.25, 0.3) is 5.91 Å². The topological polar surface area (TPSA) is 105 Å². The molecule has 0 aliphatic carbocycles. The van der Waals surface area contributed by atoms with Gasteiger partial charge in [-0.1, -0.05) is 0 Å². The zero-order valence-corrected chi connectivity index (χ0v) is 18.0. The molecule has 3 amide bonds. The Balaban J connectivity index is 1.61. The van der Waals surface area contributed by atoms with Crippen LogP contribution in [0.3, 0.4) is 0 Å². The molecule has 2 aliphatic rings. The summed E-state index contributed by atoms with van der Waals surface area (Å²) in [5.74, 6) is -0.133. The van der Waals surface area contributed by atoms with Crippen LogP contribution in [0, 0.1) is 0 Å². The van der Waals surface area contributed by atoms with Gasteiger partial charge in [-0.25, -0.2) is 4.79 Å². The Kier molecular flexibility index (Phi) is 6.65. The average molecular weight is 417 g/mol. The lowest BCUT2D eigenvalue weighted by Crippen LogP contribution is -2.59. The minimum atomic E-state index is -0.577. The maximum atomic E-state index is 12.7. The Hall–Kier alpha value is -2.61. The molecule has 8 nitrogen and oxygen atoms in total. The van der Waals surface area contributed by atoms with Crippen LogP contribution in [0.25, 0.3) is 0 Å². The van der Waals surface area contributed by atoms with Crippen molar-refractivity contribution in [2.45, 2.75) is 64.1 Å².